The summed E-state index contributed by atoms with van der Waals surface area (Å²) in [5.74, 6) is -0.281. The van der Waals surface area contributed by atoms with Crippen molar-refractivity contribution in [1.29, 1.82) is 0 Å². The van der Waals surface area contributed by atoms with E-state index in [0.717, 1.165) is 0 Å². The molecular formula is C17H17FO. The third-order valence-corrected chi connectivity index (χ3v) is 3.28. The van der Waals surface area contributed by atoms with Crippen molar-refractivity contribution in [2.24, 2.45) is 0 Å². The van der Waals surface area contributed by atoms with E-state index >= 15 is 0 Å². The van der Waals surface area contributed by atoms with Gasteiger partial charge in [0.1, 0.15) is 5.82 Å². The molecule has 0 aliphatic rings. The van der Waals surface area contributed by atoms with E-state index in [2.05, 4.69) is 13.8 Å². The third-order valence-electron chi connectivity index (χ3n) is 3.28. The summed E-state index contributed by atoms with van der Waals surface area (Å²) in [4.78, 5) is 12.3. The van der Waals surface area contributed by atoms with Crippen LogP contribution in [0.3, 0.4) is 0 Å². The molecule has 2 heteroatoms. The lowest BCUT2D eigenvalue weighted by Gasteiger charge is -2.08. The number of rotatable bonds is 3. The van der Waals surface area contributed by atoms with Crippen LogP contribution in [0.1, 0.15) is 46.8 Å². The summed E-state index contributed by atoms with van der Waals surface area (Å²) in [5.41, 5.74) is 2.32. The fraction of sp³-hybridized carbons (Fsp3) is 0.235. The molecule has 0 amide bonds. The molecule has 2 aromatic rings. The highest BCUT2D eigenvalue weighted by molar-refractivity contribution is 6.09. The lowest BCUT2D eigenvalue weighted by atomic mass is 9.97. The Morgan fingerprint density at radius 2 is 1.68 bits per heavy atom. The number of benzene rings is 2. The highest BCUT2D eigenvalue weighted by Crippen LogP contribution is 2.19. The van der Waals surface area contributed by atoms with Gasteiger partial charge in [-0.25, -0.2) is 4.39 Å². The molecule has 0 aliphatic carbocycles. The summed E-state index contributed by atoms with van der Waals surface area (Å²) < 4.78 is 13.9. The zero-order valence-electron chi connectivity index (χ0n) is 11.4. The fourth-order valence-corrected chi connectivity index (χ4v) is 2.00. The molecule has 0 N–H and O–H groups in total. The first kappa shape index (κ1) is 13.5. The zero-order chi connectivity index (χ0) is 14.0. The molecule has 0 atom stereocenters. The minimum absolute atomic E-state index is 0.136. The molecule has 0 saturated carbocycles. The summed E-state index contributed by atoms with van der Waals surface area (Å²) >= 11 is 0. The monoisotopic (exact) mass is 256 g/mol. The van der Waals surface area contributed by atoms with Gasteiger partial charge in [0.25, 0.3) is 0 Å². The van der Waals surface area contributed by atoms with Crippen LogP contribution in [0.25, 0.3) is 0 Å². The predicted octanol–water partition coefficient (Wildman–Crippen LogP) is 4.49. The van der Waals surface area contributed by atoms with Gasteiger partial charge in [-0.1, -0.05) is 50.2 Å². The first-order valence-electron chi connectivity index (χ1n) is 6.40. The molecule has 0 radical (unpaired) electrons. The van der Waals surface area contributed by atoms with Crippen molar-refractivity contribution < 1.29 is 9.18 Å². The normalized spacial score (nSPS) is 10.8. The molecule has 0 aliphatic heterocycles. The van der Waals surface area contributed by atoms with Crippen LogP contribution < -0.4 is 0 Å². The van der Waals surface area contributed by atoms with Crippen molar-refractivity contribution in [2.45, 2.75) is 26.7 Å². The minimum Gasteiger partial charge on any atom is -0.288 e. The second kappa shape index (κ2) is 5.35. The Kier molecular flexibility index (Phi) is 3.79. The van der Waals surface area contributed by atoms with Gasteiger partial charge in [0, 0.05) is 5.56 Å². The SMILES string of the molecule is Cc1cccc(C(=O)c2ccc(C(C)C)cc2)c1F. The molecule has 2 aromatic carbocycles. The van der Waals surface area contributed by atoms with Gasteiger partial charge in [-0.3, -0.25) is 4.79 Å². The van der Waals surface area contributed by atoms with Crippen molar-refractivity contribution in [3.63, 3.8) is 0 Å². The molecule has 2 rings (SSSR count). The first-order valence-corrected chi connectivity index (χ1v) is 6.40. The van der Waals surface area contributed by atoms with Crippen LogP contribution in [0.4, 0.5) is 4.39 Å². The minimum atomic E-state index is -0.430. The molecular weight excluding hydrogens is 239 g/mol. The van der Waals surface area contributed by atoms with E-state index in [1.54, 1.807) is 31.2 Å². The van der Waals surface area contributed by atoms with E-state index in [1.165, 1.54) is 11.6 Å². The van der Waals surface area contributed by atoms with Crippen molar-refractivity contribution in [3.05, 3.63) is 70.5 Å². The number of carbonyl (C=O) groups is 1. The highest BCUT2D eigenvalue weighted by atomic mass is 19.1. The van der Waals surface area contributed by atoms with E-state index in [4.69, 9.17) is 0 Å². The Labute approximate surface area is 113 Å². The number of aryl methyl sites for hydroxylation is 1. The number of hydrogen-bond acceptors (Lipinski definition) is 1. The Hall–Kier alpha value is -1.96. The van der Waals surface area contributed by atoms with E-state index in [9.17, 15) is 9.18 Å². The molecule has 0 saturated heterocycles. The topological polar surface area (TPSA) is 17.1 Å². The van der Waals surface area contributed by atoms with Gasteiger partial charge in [0.2, 0.25) is 0 Å². The maximum absolute atomic E-state index is 13.9. The van der Waals surface area contributed by atoms with E-state index in [1.807, 2.05) is 12.1 Å². The molecule has 98 valence electrons. The standard InChI is InChI=1S/C17H17FO/c1-11(2)13-7-9-14(10-8-13)17(19)15-6-4-5-12(3)16(15)18/h4-11H,1-3H3. The average molecular weight is 256 g/mol. The van der Waals surface area contributed by atoms with Crippen LogP contribution in [0.15, 0.2) is 42.5 Å². The maximum atomic E-state index is 13.9. The zero-order valence-corrected chi connectivity index (χ0v) is 11.4. The van der Waals surface area contributed by atoms with Gasteiger partial charge in [-0.05, 0) is 30.0 Å². The van der Waals surface area contributed by atoms with E-state index in [0.29, 0.717) is 17.0 Å². The van der Waals surface area contributed by atoms with Gasteiger partial charge < -0.3 is 0 Å². The fourth-order valence-electron chi connectivity index (χ4n) is 2.00. The van der Waals surface area contributed by atoms with Crippen LogP contribution in [0.2, 0.25) is 0 Å². The first-order chi connectivity index (χ1) is 9.00. The average Bonchev–Trinajstić information content (AvgIpc) is 2.41. The molecule has 0 unspecified atom stereocenters. The second-order valence-electron chi connectivity index (χ2n) is 5.04. The highest BCUT2D eigenvalue weighted by Gasteiger charge is 2.15. The number of hydrogen-bond donors (Lipinski definition) is 0. The van der Waals surface area contributed by atoms with Crippen molar-refractivity contribution in [3.8, 4) is 0 Å². The van der Waals surface area contributed by atoms with Gasteiger partial charge in [0.15, 0.2) is 5.78 Å². The van der Waals surface area contributed by atoms with Gasteiger partial charge >= 0.3 is 0 Å². The Bertz CT molecular complexity index is 597. The third kappa shape index (κ3) is 2.73. The number of halogens is 1. The van der Waals surface area contributed by atoms with Crippen LogP contribution in [-0.4, -0.2) is 5.78 Å². The molecule has 1 nitrogen and oxygen atoms in total. The van der Waals surface area contributed by atoms with Gasteiger partial charge in [-0.15, -0.1) is 0 Å². The van der Waals surface area contributed by atoms with Crippen LogP contribution in [0.5, 0.6) is 0 Å². The van der Waals surface area contributed by atoms with Gasteiger partial charge in [0.05, 0.1) is 5.56 Å². The van der Waals surface area contributed by atoms with Crippen molar-refractivity contribution in [2.75, 3.05) is 0 Å². The predicted molar refractivity (Wildman–Crippen MR) is 75.1 cm³/mol. The Morgan fingerprint density at radius 1 is 1.05 bits per heavy atom. The molecule has 0 aromatic heterocycles. The summed E-state index contributed by atoms with van der Waals surface area (Å²) in [6, 6.07) is 12.3. The molecule has 0 heterocycles. The van der Waals surface area contributed by atoms with Crippen molar-refractivity contribution in [1.82, 2.24) is 0 Å². The van der Waals surface area contributed by atoms with E-state index < -0.39 is 5.82 Å². The van der Waals surface area contributed by atoms with Crippen LogP contribution in [0, 0.1) is 12.7 Å². The summed E-state index contributed by atoms with van der Waals surface area (Å²) in [5, 5.41) is 0. The van der Waals surface area contributed by atoms with Gasteiger partial charge in [-0.2, -0.15) is 0 Å². The smallest absolute Gasteiger partial charge is 0.195 e. The lowest BCUT2D eigenvalue weighted by Crippen LogP contribution is -2.05. The summed E-state index contributed by atoms with van der Waals surface area (Å²) in [6.45, 7) is 5.85. The Balaban J connectivity index is 2.36. The molecule has 0 fully saturated rings. The van der Waals surface area contributed by atoms with Crippen LogP contribution >= 0.6 is 0 Å². The molecule has 19 heavy (non-hydrogen) atoms. The number of ketones is 1. The lowest BCUT2D eigenvalue weighted by molar-refractivity contribution is 0.103. The summed E-state index contributed by atoms with van der Waals surface area (Å²) in [6.07, 6.45) is 0. The quantitative estimate of drug-likeness (QED) is 0.739. The molecule has 0 spiro atoms. The largest absolute Gasteiger partial charge is 0.288 e. The van der Waals surface area contributed by atoms with Crippen LogP contribution in [-0.2, 0) is 0 Å². The molecule has 0 bridgehead atoms. The second-order valence-corrected chi connectivity index (χ2v) is 5.04. The Morgan fingerprint density at radius 3 is 2.26 bits per heavy atom. The van der Waals surface area contributed by atoms with Crippen molar-refractivity contribution >= 4 is 5.78 Å². The number of carbonyl (C=O) groups excluding carboxylic acids is 1. The van der Waals surface area contributed by atoms with E-state index in [-0.39, 0.29) is 11.3 Å². The summed E-state index contributed by atoms with van der Waals surface area (Å²) in [7, 11) is 0. The maximum Gasteiger partial charge on any atom is 0.195 e.